The smallest absolute Gasteiger partial charge is 0.105 e. The molecule has 0 saturated heterocycles. The van der Waals surface area contributed by atoms with Crippen molar-refractivity contribution >= 4 is 23.2 Å². The fraction of sp³-hybridized carbons (Fsp3) is 0.333. The van der Waals surface area contributed by atoms with Crippen molar-refractivity contribution in [1.29, 1.82) is 0 Å². The number of fused-ring (bicyclic) bond motifs is 1. The summed E-state index contributed by atoms with van der Waals surface area (Å²) in [5.41, 5.74) is 2.87. The summed E-state index contributed by atoms with van der Waals surface area (Å²) in [6.45, 7) is 3.28. The lowest BCUT2D eigenvalue weighted by Gasteiger charge is -2.25. The van der Waals surface area contributed by atoms with Crippen molar-refractivity contribution in [2.45, 2.75) is 13.5 Å². The molecular formula is C15H21ClN+. The largest absolute Gasteiger partial charge is 0.327 e. The summed E-state index contributed by atoms with van der Waals surface area (Å²) in [6.07, 6.45) is 0. The van der Waals surface area contributed by atoms with Crippen LogP contribution < -0.4 is 0 Å². The maximum Gasteiger partial charge on any atom is 0.105 e. The number of hydrogen-bond donors (Lipinski definition) is 0. The molecule has 2 heteroatoms. The van der Waals surface area contributed by atoms with Crippen LogP contribution in [-0.4, -0.2) is 25.6 Å². The normalized spacial score (nSPS) is 11.3. The van der Waals surface area contributed by atoms with E-state index in [1.165, 1.54) is 21.9 Å². The van der Waals surface area contributed by atoms with Gasteiger partial charge in [0, 0.05) is 5.56 Å². The first-order valence-corrected chi connectivity index (χ1v) is 5.75. The molecule has 0 heterocycles. The third-order valence-corrected chi connectivity index (χ3v) is 2.91. The molecule has 0 unspecified atom stereocenters. The second kappa shape index (κ2) is 5.07. The molecular weight excluding hydrogens is 230 g/mol. The molecule has 0 aliphatic rings. The van der Waals surface area contributed by atoms with Gasteiger partial charge < -0.3 is 4.48 Å². The van der Waals surface area contributed by atoms with Crippen molar-refractivity contribution in [3.63, 3.8) is 0 Å². The first-order valence-electron chi connectivity index (χ1n) is 5.75. The third-order valence-electron chi connectivity index (χ3n) is 2.91. The van der Waals surface area contributed by atoms with E-state index in [0.29, 0.717) is 0 Å². The maximum atomic E-state index is 2.24. The molecule has 2 aromatic carbocycles. The Morgan fingerprint density at radius 3 is 2.24 bits per heavy atom. The number of hydrogen-bond acceptors (Lipinski definition) is 0. The minimum atomic E-state index is 0. The molecule has 0 fully saturated rings. The van der Waals surface area contributed by atoms with Crippen molar-refractivity contribution in [3.05, 3.63) is 47.5 Å². The molecule has 0 radical (unpaired) electrons. The molecule has 0 spiro atoms. The van der Waals surface area contributed by atoms with Gasteiger partial charge in [-0.05, 0) is 23.3 Å². The molecule has 0 saturated carbocycles. The van der Waals surface area contributed by atoms with Crippen LogP contribution >= 0.6 is 12.4 Å². The van der Waals surface area contributed by atoms with Gasteiger partial charge in [-0.15, -0.1) is 12.4 Å². The van der Waals surface area contributed by atoms with E-state index in [2.05, 4.69) is 64.5 Å². The number of benzene rings is 2. The summed E-state index contributed by atoms with van der Waals surface area (Å²) in [5, 5.41) is 2.74. The zero-order chi connectivity index (χ0) is 11.8. The molecule has 2 rings (SSSR count). The lowest BCUT2D eigenvalue weighted by atomic mass is 9.99. The van der Waals surface area contributed by atoms with Gasteiger partial charge in [0.1, 0.15) is 6.54 Å². The summed E-state index contributed by atoms with van der Waals surface area (Å²) in [4.78, 5) is 0. The van der Waals surface area contributed by atoms with Crippen molar-refractivity contribution < 1.29 is 4.48 Å². The van der Waals surface area contributed by atoms with Crippen LogP contribution in [0.15, 0.2) is 36.4 Å². The van der Waals surface area contributed by atoms with Gasteiger partial charge in [-0.25, -0.2) is 0 Å². The average molecular weight is 251 g/mol. The Labute approximate surface area is 110 Å². The molecule has 0 bridgehead atoms. The van der Waals surface area contributed by atoms with Gasteiger partial charge in [0.25, 0.3) is 0 Å². The van der Waals surface area contributed by atoms with Gasteiger partial charge in [0.15, 0.2) is 0 Å². The van der Waals surface area contributed by atoms with E-state index in [1.54, 1.807) is 0 Å². The first kappa shape index (κ1) is 14.0. The average Bonchev–Trinajstić information content (AvgIpc) is 2.21. The van der Waals surface area contributed by atoms with Gasteiger partial charge in [0.05, 0.1) is 21.1 Å². The van der Waals surface area contributed by atoms with E-state index in [4.69, 9.17) is 0 Å². The predicted octanol–water partition coefficient (Wildman–Crippen LogP) is 3.78. The van der Waals surface area contributed by atoms with Gasteiger partial charge in [-0.1, -0.05) is 36.4 Å². The van der Waals surface area contributed by atoms with E-state index in [0.717, 1.165) is 11.0 Å². The third kappa shape index (κ3) is 3.21. The summed E-state index contributed by atoms with van der Waals surface area (Å²) >= 11 is 0. The molecule has 0 aliphatic heterocycles. The highest BCUT2D eigenvalue weighted by molar-refractivity contribution is 5.86. The van der Waals surface area contributed by atoms with E-state index in [-0.39, 0.29) is 12.4 Å². The Bertz CT molecular complexity index is 512. The summed E-state index contributed by atoms with van der Waals surface area (Å²) < 4.78 is 0.967. The Hall–Kier alpha value is -1.05. The molecule has 2 aromatic rings. The summed E-state index contributed by atoms with van der Waals surface area (Å²) in [7, 11) is 6.71. The molecule has 17 heavy (non-hydrogen) atoms. The van der Waals surface area contributed by atoms with Crippen LogP contribution in [0.5, 0.6) is 0 Å². The number of nitrogens with zero attached hydrogens (tertiary/aromatic N) is 1. The number of halogens is 1. The first-order chi connectivity index (χ1) is 7.47. The number of rotatable bonds is 2. The molecule has 0 aromatic heterocycles. The highest BCUT2D eigenvalue weighted by Gasteiger charge is 2.13. The fourth-order valence-electron chi connectivity index (χ4n) is 2.13. The highest BCUT2D eigenvalue weighted by atomic mass is 35.5. The quantitative estimate of drug-likeness (QED) is 0.712. The summed E-state index contributed by atoms with van der Waals surface area (Å²) in [6, 6.07) is 13.1. The Morgan fingerprint density at radius 2 is 1.59 bits per heavy atom. The van der Waals surface area contributed by atoms with Crippen LogP contribution in [0.2, 0.25) is 0 Å². The van der Waals surface area contributed by atoms with Gasteiger partial charge in [-0.2, -0.15) is 0 Å². The molecule has 92 valence electrons. The zero-order valence-corrected chi connectivity index (χ0v) is 11.8. The van der Waals surface area contributed by atoms with Crippen LogP contribution in [-0.2, 0) is 6.54 Å². The molecule has 0 N–H and O–H groups in total. The fourth-order valence-corrected chi connectivity index (χ4v) is 2.13. The minimum absolute atomic E-state index is 0. The SMILES string of the molecule is Cc1ccc2ccccc2c1C[N+](C)(C)C.Cl. The Kier molecular flexibility index (Phi) is 4.18. The Balaban J connectivity index is 0.00000144. The topological polar surface area (TPSA) is 0 Å². The molecule has 0 amide bonds. The van der Waals surface area contributed by atoms with E-state index >= 15 is 0 Å². The number of quaternary nitrogens is 1. The second-order valence-electron chi connectivity index (χ2n) is 5.53. The second-order valence-corrected chi connectivity index (χ2v) is 5.53. The minimum Gasteiger partial charge on any atom is -0.327 e. The summed E-state index contributed by atoms with van der Waals surface area (Å²) in [5.74, 6) is 0. The van der Waals surface area contributed by atoms with Crippen LogP contribution in [0.1, 0.15) is 11.1 Å². The van der Waals surface area contributed by atoms with Crippen molar-refractivity contribution in [2.24, 2.45) is 0 Å². The van der Waals surface area contributed by atoms with Crippen molar-refractivity contribution in [2.75, 3.05) is 21.1 Å². The zero-order valence-electron chi connectivity index (χ0n) is 11.0. The van der Waals surface area contributed by atoms with E-state index < -0.39 is 0 Å². The molecule has 0 aliphatic carbocycles. The number of aryl methyl sites for hydroxylation is 1. The van der Waals surface area contributed by atoms with E-state index in [1.807, 2.05) is 0 Å². The van der Waals surface area contributed by atoms with Crippen LogP contribution in [0.3, 0.4) is 0 Å². The van der Waals surface area contributed by atoms with E-state index in [9.17, 15) is 0 Å². The van der Waals surface area contributed by atoms with Gasteiger partial charge in [0.2, 0.25) is 0 Å². The highest BCUT2D eigenvalue weighted by Crippen LogP contribution is 2.24. The lowest BCUT2D eigenvalue weighted by molar-refractivity contribution is -0.883. The standard InChI is InChI=1S/C15H20N.ClH/c1-12-9-10-13-7-5-6-8-14(13)15(12)11-16(2,3)4;/h5-10H,11H2,1-4H3;1H/q+1;. The lowest BCUT2D eigenvalue weighted by Crippen LogP contribution is -2.33. The van der Waals surface area contributed by atoms with Crippen LogP contribution in [0, 0.1) is 6.92 Å². The molecule has 0 atom stereocenters. The maximum absolute atomic E-state index is 2.24. The van der Waals surface area contributed by atoms with Crippen LogP contribution in [0.4, 0.5) is 0 Å². The van der Waals surface area contributed by atoms with Gasteiger partial charge >= 0.3 is 0 Å². The van der Waals surface area contributed by atoms with Crippen LogP contribution in [0.25, 0.3) is 10.8 Å². The monoisotopic (exact) mass is 250 g/mol. The predicted molar refractivity (Wildman–Crippen MR) is 77.7 cm³/mol. The van der Waals surface area contributed by atoms with Gasteiger partial charge in [-0.3, -0.25) is 0 Å². The Morgan fingerprint density at radius 1 is 0.941 bits per heavy atom. The van der Waals surface area contributed by atoms with Crippen molar-refractivity contribution in [3.8, 4) is 0 Å². The van der Waals surface area contributed by atoms with Crippen molar-refractivity contribution in [1.82, 2.24) is 0 Å². The molecule has 1 nitrogen and oxygen atoms in total.